The molecule has 0 spiro atoms. The Morgan fingerprint density at radius 3 is 2.55 bits per heavy atom. The summed E-state index contributed by atoms with van der Waals surface area (Å²) in [5.74, 6) is 0. The van der Waals surface area contributed by atoms with Crippen molar-refractivity contribution in [3.05, 3.63) is 47.1 Å². The minimum absolute atomic E-state index is 0.462. The summed E-state index contributed by atoms with van der Waals surface area (Å²) in [5, 5.41) is 4.34. The number of aryl methyl sites for hydroxylation is 1. The molecule has 0 N–H and O–H groups in total. The van der Waals surface area contributed by atoms with Gasteiger partial charge in [-0.1, -0.05) is 0 Å². The van der Waals surface area contributed by atoms with E-state index in [2.05, 4.69) is 69.0 Å². The van der Waals surface area contributed by atoms with Crippen molar-refractivity contribution in [2.24, 2.45) is 0 Å². The molecule has 3 aromatic heterocycles. The Labute approximate surface area is 126 Å². The molecule has 3 heterocycles. The van der Waals surface area contributed by atoms with Crippen molar-refractivity contribution in [2.75, 3.05) is 0 Å². The summed E-state index contributed by atoms with van der Waals surface area (Å²) >= 11 is 3.52. The van der Waals surface area contributed by atoms with Crippen molar-refractivity contribution in [3.8, 4) is 11.1 Å². The Bertz CT molecular complexity index is 759. The van der Waals surface area contributed by atoms with Gasteiger partial charge in [-0.05, 0) is 48.3 Å². The molecule has 20 heavy (non-hydrogen) atoms. The average molecular weight is 332 g/mol. The second kappa shape index (κ2) is 4.98. The monoisotopic (exact) mass is 331 g/mol. The smallest absolute Gasteiger partial charge is 0.169 e. The zero-order chi connectivity index (χ0) is 14.3. The first-order valence-electron chi connectivity index (χ1n) is 6.59. The summed E-state index contributed by atoms with van der Waals surface area (Å²) in [6.45, 7) is 6.30. The van der Waals surface area contributed by atoms with E-state index in [0.29, 0.717) is 6.04 Å². The molecule has 0 saturated heterocycles. The molecular formula is C15H16BrN4+. The highest BCUT2D eigenvalue weighted by atomic mass is 79.9. The van der Waals surface area contributed by atoms with Crippen LogP contribution in [0.25, 0.3) is 16.8 Å². The summed E-state index contributed by atoms with van der Waals surface area (Å²) in [6, 6.07) is 6.70. The zero-order valence-electron chi connectivity index (χ0n) is 11.7. The number of hydrogen-bond acceptors (Lipinski definition) is 2. The molecule has 0 saturated carbocycles. The zero-order valence-corrected chi connectivity index (χ0v) is 13.3. The molecule has 5 heteroatoms. The minimum atomic E-state index is 0.462. The van der Waals surface area contributed by atoms with Crippen LogP contribution in [0.1, 0.15) is 25.6 Å². The summed E-state index contributed by atoms with van der Waals surface area (Å²) in [5.41, 5.74) is 4.05. The molecule has 0 aliphatic carbocycles. The van der Waals surface area contributed by atoms with Crippen molar-refractivity contribution in [1.29, 1.82) is 0 Å². The first-order valence-corrected chi connectivity index (χ1v) is 7.38. The maximum absolute atomic E-state index is 4.59. The number of hydrogen-bond donors (Lipinski definition) is 0. The first-order chi connectivity index (χ1) is 9.58. The largest absolute Gasteiger partial charge is 0.230 e. The normalized spacial score (nSPS) is 11.4. The number of pyridine rings is 1. The Hall–Kier alpha value is -1.75. The molecule has 3 aromatic rings. The van der Waals surface area contributed by atoms with Gasteiger partial charge in [0.2, 0.25) is 0 Å². The SMILES string of the molecule is Cc1nc2c(-c3cc[n+](C(C)C)cc3)ccnn2c1Br. The van der Waals surface area contributed by atoms with Crippen molar-refractivity contribution in [1.82, 2.24) is 14.6 Å². The van der Waals surface area contributed by atoms with Crippen LogP contribution in [-0.4, -0.2) is 14.6 Å². The van der Waals surface area contributed by atoms with E-state index in [4.69, 9.17) is 0 Å². The summed E-state index contributed by atoms with van der Waals surface area (Å²) in [7, 11) is 0. The van der Waals surface area contributed by atoms with Crippen molar-refractivity contribution in [2.45, 2.75) is 26.8 Å². The van der Waals surface area contributed by atoms with Gasteiger partial charge in [-0.3, -0.25) is 0 Å². The van der Waals surface area contributed by atoms with E-state index in [1.807, 2.05) is 17.5 Å². The number of imidazole rings is 1. The second-order valence-electron chi connectivity index (χ2n) is 5.10. The number of nitrogens with zero attached hydrogens (tertiary/aromatic N) is 4. The van der Waals surface area contributed by atoms with E-state index in [-0.39, 0.29) is 0 Å². The third-order valence-corrected chi connectivity index (χ3v) is 4.29. The van der Waals surface area contributed by atoms with E-state index in [1.54, 1.807) is 6.20 Å². The molecule has 0 atom stereocenters. The highest BCUT2D eigenvalue weighted by Crippen LogP contribution is 2.26. The molecule has 4 nitrogen and oxygen atoms in total. The lowest BCUT2D eigenvalue weighted by Crippen LogP contribution is -2.34. The van der Waals surface area contributed by atoms with Crippen LogP contribution in [0.15, 0.2) is 41.4 Å². The fraction of sp³-hybridized carbons (Fsp3) is 0.267. The van der Waals surface area contributed by atoms with Crippen LogP contribution in [-0.2, 0) is 0 Å². The highest BCUT2D eigenvalue weighted by molar-refractivity contribution is 9.10. The molecule has 0 amide bonds. The molecule has 0 bridgehead atoms. The van der Waals surface area contributed by atoms with E-state index in [9.17, 15) is 0 Å². The lowest BCUT2D eigenvalue weighted by atomic mass is 10.1. The van der Waals surface area contributed by atoms with Gasteiger partial charge in [0.25, 0.3) is 0 Å². The van der Waals surface area contributed by atoms with Gasteiger partial charge in [0.1, 0.15) is 4.60 Å². The fourth-order valence-corrected chi connectivity index (χ4v) is 2.56. The highest BCUT2D eigenvalue weighted by Gasteiger charge is 2.13. The van der Waals surface area contributed by atoms with Crippen LogP contribution in [0.4, 0.5) is 0 Å². The van der Waals surface area contributed by atoms with Crippen LogP contribution in [0.3, 0.4) is 0 Å². The molecule has 0 radical (unpaired) electrons. The molecule has 0 fully saturated rings. The van der Waals surface area contributed by atoms with Gasteiger partial charge in [-0.2, -0.15) is 5.10 Å². The number of fused-ring (bicyclic) bond motifs is 1. The lowest BCUT2D eigenvalue weighted by molar-refractivity contribution is -0.716. The van der Waals surface area contributed by atoms with Crippen molar-refractivity contribution < 1.29 is 4.57 Å². The van der Waals surface area contributed by atoms with Crippen molar-refractivity contribution >= 4 is 21.6 Å². The van der Waals surface area contributed by atoms with Gasteiger partial charge >= 0.3 is 0 Å². The standard InChI is InChI=1S/C15H16BrN4/c1-10(2)19-8-5-12(6-9-19)13-4-7-17-20-14(16)11(3)18-15(13)20/h4-10H,1-3H3/q+1. The van der Waals surface area contributed by atoms with Gasteiger partial charge in [0, 0.05) is 23.9 Å². The molecule has 0 aliphatic rings. The van der Waals surface area contributed by atoms with E-state index in [0.717, 1.165) is 27.1 Å². The number of rotatable bonds is 2. The van der Waals surface area contributed by atoms with Crippen LogP contribution < -0.4 is 4.57 Å². The fourth-order valence-electron chi connectivity index (χ4n) is 2.21. The van der Waals surface area contributed by atoms with E-state index in [1.165, 1.54) is 0 Å². The molecule has 102 valence electrons. The Morgan fingerprint density at radius 2 is 1.90 bits per heavy atom. The predicted octanol–water partition coefficient (Wildman–Crippen LogP) is 3.34. The molecular weight excluding hydrogens is 316 g/mol. The lowest BCUT2D eigenvalue weighted by Gasteiger charge is -2.04. The van der Waals surface area contributed by atoms with Gasteiger partial charge in [0.05, 0.1) is 5.69 Å². The van der Waals surface area contributed by atoms with Gasteiger partial charge < -0.3 is 0 Å². The Morgan fingerprint density at radius 1 is 1.20 bits per heavy atom. The third kappa shape index (κ3) is 2.12. The van der Waals surface area contributed by atoms with Crippen LogP contribution >= 0.6 is 15.9 Å². The maximum atomic E-state index is 4.59. The number of aromatic nitrogens is 4. The summed E-state index contributed by atoms with van der Waals surface area (Å²) in [6.07, 6.45) is 6.00. The molecule has 0 aliphatic heterocycles. The second-order valence-corrected chi connectivity index (χ2v) is 5.85. The number of halogens is 1. The van der Waals surface area contributed by atoms with Crippen LogP contribution in [0.5, 0.6) is 0 Å². The van der Waals surface area contributed by atoms with Gasteiger partial charge in [0.15, 0.2) is 24.1 Å². The topological polar surface area (TPSA) is 34.1 Å². The molecule has 0 unspecified atom stereocenters. The average Bonchev–Trinajstić information content (AvgIpc) is 2.74. The van der Waals surface area contributed by atoms with Gasteiger partial charge in [-0.15, -0.1) is 0 Å². The third-order valence-electron chi connectivity index (χ3n) is 3.38. The van der Waals surface area contributed by atoms with E-state index >= 15 is 0 Å². The minimum Gasteiger partial charge on any atom is -0.230 e. The summed E-state index contributed by atoms with van der Waals surface area (Å²) < 4.78 is 4.91. The first kappa shape index (κ1) is 13.2. The van der Waals surface area contributed by atoms with Crippen molar-refractivity contribution in [3.63, 3.8) is 0 Å². The van der Waals surface area contributed by atoms with Crippen LogP contribution in [0, 0.1) is 6.92 Å². The van der Waals surface area contributed by atoms with E-state index < -0.39 is 0 Å². The predicted molar refractivity (Wildman–Crippen MR) is 81.4 cm³/mol. The Balaban J connectivity index is 2.16. The van der Waals surface area contributed by atoms with Gasteiger partial charge in [-0.25, -0.2) is 14.1 Å². The maximum Gasteiger partial charge on any atom is 0.169 e. The quantitative estimate of drug-likeness (QED) is 0.675. The Kier molecular flexibility index (Phi) is 3.30. The molecule has 3 rings (SSSR count). The molecule has 0 aromatic carbocycles. The van der Waals surface area contributed by atoms with Crippen LogP contribution in [0.2, 0.25) is 0 Å². The summed E-state index contributed by atoms with van der Waals surface area (Å²) in [4.78, 5) is 4.59.